The lowest BCUT2D eigenvalue weighted by Gasteiger charge is -2.10. The van der Waals surface area contributed by atoms with Gasteiger partial charge in [-0.2, -0.15) is 0 Å². The predicted molar refractivity (Wildman–Crippen MR) is 81.6 cm³/mol. The van der Waals surface area contributed by atoms with E-state index in [1.165, 1.54) is 0 Å². The lowest BCUT2D eigenvalue weighted by atomic mass is 10.1. The van der Waals surface area contributed by atoms with Gasteiger partial charge in [0.2, 0.25) is 0 Å². The highest BCUT2D eigenvalue weighted by Crippen LogP contribution is 2.13. The van der Waals surface area contributed by atoms with Crippen LogP contribution in [0.4, 0.5) is 0 Å². The first-order valence-corrected chi connectivity index (χ1v) is 6.64. The standard InChI is InChI=1S/C17H16N2O/c18-11-13-5-7-14(8-6-13)12-19-16-4-2-1-3-15(16)9-10-17(19)20/h1-10H,11-12,18H2. The summed E-state index contributed by atoms with van der Waals surface area (Å²) in [6, 6.07) is 19.5. The Morgan fingerprint density at radius 1 is 0.850 bits per heavy atom. The van der Waals surface area contributed by atoms with Crippen LogP contribution in [-0.4, -0.2) is 4.57 Å². The molecule has 0 aliphatic rings. The average Bonchev–Trinajstić information content (AvgIpc) is 2.51. The highest BCUT2D eigenvalue weighted by atomic mass is 16.1. The SMILES string of the molecule is NCc1ccc(Cn2c(=O)ccc3ccccc32)cc1. The Hall–Kier alpha value is -2.39. The number of hydrogen-bond acceptors (Lipinski definition) is 2. The van der Waals surface area contributed by atoms with E-state index in [0.717, 1.165) is 22.0 Å². The Bertz CT molecular complexity index is 788. The molecule has 3 rings (SSSR count). The van der Waals surface area contributed by atoms with Crippen molar-refractivity contribution in [3.63, 3.8) is 0 Å². The minimum absolute atomic E-state index is 0.0200. The normalized spacial score (nSPS) is 10.8. The third-order valence-electron chi connectivity index (χ3n) is 3.50. The number of para-hydroxylation sites is 1. The van der Waals surface area contributed by atoms with E-state index in [2.05, 4.69) is 0 Å². The molecule has 0 aliphatic carbocycles. The van der Waals surface area contributed by atoms with E-state index >= 15 is 0 Å². The van der Waals surface area contributed by atoms with Gasteiger partial charge in [-0.3, -0.25) is 4.79 Å². The first kappa shape index (κ1) is 12.6. The molecule has 20 heavy (non-hydrogen) atoms. The van der Waals surface area contributed by atoms with E-state index in [9.17, 15) is 4.79 Å². The van der Waals surface area contributed by atoms with Gasteiger partial charge in [0, 0.05) is 12.6 Å². The summed E-state index contributed by atoms with van der Waals surface area (Å²) in [5.74, 6) is 0. The van der Waals surface area contributed by atoms with Gasteiger partial charge >= 0.3 is 0 Å². The number of rotatable bonds is 3. The van der Waals surface area contributed by atoms with Crippen LogP contribution >= 0.6 is 0 Å². The monoisotopic (exact) mass is 264 g/mol. The maximum atomic E-state index is 12.1. The summed E-state index contributed by atoms with van der Waals surface area (Å²) in [7, 11) is 0. The zero-order chi connectivity index (χ0) is 13.9. The van der Waals surface area contributed by atoms with Gasteiger partial charge in [-0.1, -0.05) is 42.5 Å². The van der Waals surface area contributed by atoms with Crippen molar-refractivity contribution in [3.8, 4) is 0 Å². The molecule has 0 saturated heterocycles. The van der Waals surface area contributed by atoms with Crippen LogP contribution in [0.15, 0.2) is 65.5 Å². The molecule has 2 N–H and O–H groups in total. The van der Waals surface area contributed by atoms with Gasteiger partial charge in [0.05, 0.1) is 12.1 Å². The summed E-state index contributed by atoms with van der Waals surface area (Å²) in [6.07, 6.45) is 0. The molecule has 3 nitrogen and oxygen atoms in total. The number of nitrogens with zero attached hydrogens (tertiary/aromatic N) is 1. The zero-order valence-corrected chi connectivity index (χ0v) is 11.1. The van der Waals surface area contributed by atoms with Crippen molar-refractivity contribution in [2.24, 2.45) is 5.73 Å². The van der Waals surface area contributed by atoms with E-state index < -0.39 is 0 Å². The smallest absolute Gasteiger partial charge is 0.251 e. The first-order chi connectivity index (χ1) is 9.78. The van der Waals surface area contributed by atoms with Gasteiger partial charge in [0.25, 0.3) is 5.56 Å². The van der Waals surface area contributed by atoms with Gasteiger partial charge in [0.1, 0.15) is 0 Å². The summed E-state index contributed by atoms with van der Waals surface area (Å²) in [5, 5.41) is 1.07. The van der Waals surface area contributed by atoms with Crippen molar-refractivity contribution in [3.05, 3.63) is 82.1 Å². The van der Waals surface area contributed by atoms with Crippen molar-refractivity contribution >= 4 is 10.9 Å². The topological polar surface area (TPSA) is 48.0 Å². The molecule has 2 aromatic carbocycles. The molecular weight excluding hydrogens is 248 g/mol. The Morgan fingerprint density at radius 3 is 2.30 bits per heavy atom. The van der Waals surface area contributed by atoms with Crippen LogP contribution in [0.1, 0.15) is 11.1 Å². The molecule has 0 saturated carbocycles. The maximum Gasteiger partial charge on any atom is 0.251 e. The van der Waals surface area contributed by atoms with Crippen LogP contribution in [0.2, 0.25) is 0 Å². The Kier molecular flexibility index (Phi) is 3.35. The fourth-order valence-corrected chi connectivity index (χ4v) is 2.37. The molecule has 0 unspecified atom stereocenters. The number of pyridine rings is 1. The Balaban J connectivity index is 2.05. The van der Waals surface area contributed by atoms with Gasteiger partial charge < -0.3 is 10.3 Å². The number of nitrogens with two attached hydrogens (primary N) is 1. The average molecular weight is 264 g/mol. The quantitative estimate of drug-likeness (QED) is 0.790. The number of fused-ring (bicyclic) bond motifs is 1. The van der Waals surface area contributed by atoms with Gasteiger partial charge in [-0.25, -0.2) is 0 Å². The van der Waals surface area contributed by atoms with Crippen LogP contribution in [0.5, 0.6) is 0 Å². The molecule has 0 amide bonds. The fraction of sp³-hybridized carbons (Fsp3) is 0.118. The molecule has 0 aliphatic heterocycles. The third-order valence-corrected chi connectivity index (χ3v) is 3.50. The van der Waals surface area contributed by atoms with E-state index in [-0.39, 0.29) is 5.56 Å². The Morgan fingerprint density at radius 2 is 1.55 bits per heavy atom. The lowest BCUT2D eigenvalue weighted by Crippen LogP contribution is -2.19. The van der Waals surface area contributed by atoms with Gasteiger partial charge in [-0.05, 0) is 28.6 Å². The zero-order valence-electron chi connectivity index (χ0n) is 11.1. The number of benzene rings is 2. The van der Waals surface area contributed by atoms with Crippen LogP contribution < -0.4 is 11.3 Å². The van der Waals surface area contributed by atoms with Gasteiger partial charge in [0.15, 0.2) is 0 Å². The summed E-state index contributed by atoms with van der Waals surface area (Å²) < 4.78 is 1.80. The summed E-state index contributed by atoms with van der Waals surface area (Å²) >= 11 is 0. The summed E-state index contributed by atoms with van der Waals surface area (Å²) in [5.41, 5.74) is 8.77. The van der Waals surface area contributed by atoms with Crippen molar-refractivity contribution in [2.45, 2.75) is 13.1 Å². The predicted octanol–water partition coefficient (Wildman–Crippen LogP) is 2.51. The van der Waals surface area contributed by atoms with Crippen LogP contribution in [0, 0.1) is 0 Å². The first-order valence-electron chi connectivity index (χ1n) is 6.64. The molecule has 0 bridgehead atoms. The number of aromatic nitrogens is 1. The molecule has 3 heteroatoms. The second-order valence-electron chi connectivity index (χ2n) is 4.84. The minimum atomic E-state index is 0.0200. The van der Waals surface area contributed by atoms with Crippen molar-refractivity contribution in [2.75, 3.05) is 0 Å². The maximum absolute atomic E-state index is 12.1. The van der Waals surface area contributed by atoms with E-state index in [1.54, 1.807) is 10.6 Å². The summed E-state index contributed by atoms with van der Waals surface area (Å²) in [4.78, 5) is 12.1. The minimum Gasteiger partial charge on any atom is -0.326 e. The number of hydrogen-bond donors (Lipinski definition) is 1. The molecule has 100 valence electrons. The molecular formula is C17H16N2O. The molecule has 3 aromatic rings. The molecule has 0 fully saturated rings. The van der Waals surface area contributed by atoms with E-state index in [0.29, 0.717) is 13.1 Å². The molecule has 0 spiro atoms. The van der Waals surface area contributed by atoms with E-state index in [1.807, 2.05) is 54.6 Å². The summed E-state index contributed by atoms with van der Waals surface area (Å²) in [6.45, 7) is 1.11. The fourth-order valence-electron chi connectivity index (χ4n) is 2.37. The third kappa shape index (κ3) is 2.36. The van der Waals surface area contributed by atoms with Crippen molar-refractivity contribution in [1.82, 2.24) is 4.57 Å². The van der Waals surface area contributed by atoms with Crippen LogP contribution in [0.3, 0.4) is 0 Å². The van der Waals surface area contributed by atoms with Crippen LogP contribution in [-0.2, 0) is 13.1 Å². The van der Waals surface area contributed by atoms with Gasteiger partial charge in [-0.15, -0.1) is 0 Å². The van der Waals surface area contributed by atoms with Crippen LogP contribution in [0.25, 0.3) is 10.9 Å². The Labute approximate surface area is 117 Å². The van der Waals surface area contributed by atoms with Crippen molar-refractivity contribution < 1.29 is 0 Å². The second-order valence-corrected chi connectivity index (χ2v) is 4.84. The molecule has 1 aromatic heterocycles. The van der Waals surface area contributed by atoms with Crippen molar-refractivity contribution in [1.29, 1.82) is 0 Å². The molecule has 0 radical (unpaired) electrons. The lowest BCUT2D eigenvalue weighted by molar-refractivity contribution is 0.794. The van der Waals surface area contributed by atoms with E-state index in [4.69, 9.17) is 5.73 Å². The molecule has 1 heterocycles. The highest BCUT2D eigenvalue weighted by molar-refractivity contribution is 5.78. The second kappa shape index (κ2) is 5.31. The molecule has 0 atom stereocenters. The highest BCUT2D eigenvalue weighted by Gasteiger charge is 2.03. The largest absolute Gasteiger partial charge is 0.326 e.